The maximum Gasteiger partial charge on any atom is 0.303 e. The molecule has 0 aromatic carbocycles. The molecule has 0 aliphatic carbocycles. The predicted molar refractivity (Wildman–Crippen MR) is 45.6 cm³/mol. The molecule has 72 valence electrons. The second-order valence-corrected chi connectivity index (χ2v) is 4.79. The van der Waals surface area contributed by atoms with Gasteiger partial charge >= 0.3 is 10.2 Å². The summed E-state index contributed by atoms with van der Waals surface area (Å²) in [7, 11) is -0.894. The summed E-state index contributed by atoms with van der Waals surface area (Å²) in [6.45, 7) is 3.25. The molecule has 5 nitrogen and oxygen atoms in total. The second kappa shape index (κ2) is 3.86. The number of carbonyl (C=O) groups excluding carboxylic acids is 1. The fraction of sp³-hybridized carbons (Fsp3) is 0.833. The van der Waals surface area contributed by atoms with E-state index in [9.17, 15) is 13.2 Å². The molecule has 0 aliphatic heterocycles. The summed E-state index contributed by atoms with van der Waals surface area (Å²) >= 11 is 0. The van der Waals surface area contributed by atoms with Crippen molar-refractivity contribution in [3.63, 3.8) is 0 Å². The zero-order chi connectivity index (χ0) is 9.94. The van der Waals surface area contributed by atoms with Gasteiger partial charge in [-0.1, -0.05) is 13.8 Å². The Morgan fingerprint density at radius 2 is 1.75 bits per heavy atom. The molecular formula is C6H14N2O3S. The molecule has 0 heterocycles. The highest BCUT2D eigenvalue weighted by Gasteiger charge is 2.18. The Morgan fingerprint density at radius 1 is 1.33 bits per heavy atom. The molecule has 0 radical (unpaired) electrons. The molecule has 0 bridgehead atoms. The van der Waals surface area contributed by atoms with E-state index in [2.05, 4.69) is 0 Å². The Labute approximate surface area is 72.9 Å². The average Bonchev–Trinajstić information content (AvgIpc) is 1.85. The summed E-state index contributed by atoms with van der Waals surface area (Å²) in [6.07, 6.45) is 0. The van der Waals surface area contributed by atoms with Crippen LogP contribution in [0.1, 0.15) is 13.8 Å². The van der Waals surface area contributed by atoms with Crippen molar-refractivity contribution in [2.75, 3.05) is 14.1 Å². The molecule has 0 saturated carbocycles. The largest absolute Gasteiger partial charge is 0.303 e. The van der Waals surface area contributed by atoms with Gasteiger partial charge in [-0.3, -0.25) is 4.79 Å². The van der Waals surface area contributed by atoms with Gasteiger partial charge in [0.25, 0.3) is 0 Å². The van der Waals surface area contributed by atoms with Gasteiger partial charge in [0.15, 0.2) is 0 Å². The van der Waals surface area contributed by atoms with Gasteiger partial charge in [0.05, 0.1) is 0 Å². The van der Waals surface area contributed by atoms with Crippen LogP contribution in [0, 0.1) is 5.92 Å². The molecule has 0 fully saturated rings. The van der Waals surface area contributed by atoms with E-state index in [0.717, 1.165) is 4.31 Å². The van der Waals surface area contributed by atoms with E-state index in [-0.39, 0.29) is 5.92 Å². The summed E-state index contributed by atoms with van der Waals surface area (Å²) in [4.78, 5) is 10.9. The van der Waals surface area contributed by atoms with E-state index in [1.807, 2.05) is 4.72 Å². The Morgan fingerprint density at radius 3 is 2.00 bits per heavy atom. The number of amides is 1. The van der Waals surface area contributed by atoms with Crippen LogP contribution in [0.25, 0.3) is 0 Å². The van der Waals surface area contributed by atoms with Crippen LogP contribution < -0.4 is 4.72 Å². The van der Waals surface area contributed by atoms with Gasteiger partial charge in [-0.2, -0.15) is 12.7 Å². The summed E-state index contributed by atoms with van der Waals surface area (Å²) in [5.41, 5.74) is 0. The lowest BCUT2D eigenvalue weighted by molar-refractivity contribution is -0.122. The van der Waals surface area contributed by atoms with Crippen LogP contribution in [0.2, 0.25) is 0 Å². The first-order valence-electron chi connectivity index (χ1n) is 3.51. The first kappa shape index (κ1) is 11.4. The number of nitrogens with zero attached hydrogens (tertiary/aromatic N) is 1. The number of hydrogen-bond donors (Lipinski definition) is 1. The molecule has 0 rings (SSSR count). The SMILES string of the molecule is CC(C)C(=O)NS(=O)(=O)N(C)C. The predicted octanol–water partition coefficient (Wildman–Crippen LogP) is -0.435. The minimum absolute atomic E-state index is 0.334. The molecule has 0 aromatic rings. The molecule has 1 amide bonds. The Bertz CT molecular complexity index is 256. The highest BCUT2D eigenvalue weighted by Crippen LogP contribution is 1.95. The first-order valence-corrected chi connectivity index (χ1v) is 4.95. The highest BCUT2D eigenvalue weighted by molar-refractivity contribution is 7.87. The van der Waals surface area contributed by atoms with Crippen LogP contribution in [0.15, 0.2) is 0 Å². The van der Waals surface area contributed by atoms with Crippen LogP contribution in [0.3, 0.4) is 0 Å². The lowest BCUT2D eigenvalue weighted by Crippen LogP contribution is -2.41. The van der Waals surface area contributed by atoms with E-state index in [4.69, 9.17) is 0 Å². The smallest absolute Gasteiger partial charge is 0.274 e. The minimum Gasteiger partial charge on any atom is -0.274 e. The second-order valence-electron chi connectivity index (χ2n) is 2.91. The van der Waals surface area contributed by atoms with Gasteiger partial charge in [0.1, 0.15) is 0 Å². The molecule has 12 heavy (non-hydrogen) atoms. The third-order valence-electron chi connectivity index (χ3n) is 1.23. The van der Waals surface area contributed by atoms with Crippen molar-refractivity contribution < 1.29 is 13.2 Å². The van der Waals surface area contributed by atoms with Gasteiger partial charge < -0.3 is 0 Å². The van der Waals surface area contributed by atoms with Crippen molar-refractivity contribution in [1.82, 2.24) is 9.03 Å². The van der Waals surface area contributed by atoms with Crippen molar-refractivity contribution in [3.8, 4) is 0 Å². The monoisotopic (exact) mass is 194 g/mol. The summed E-state index contributed by atoms with van der Waals surface area (Å²) in [5.74, 6) is -0.830. The van der Waals surface area contributed by atoms with Crippen molar-refractivity contribution in [1.29, 1.82) is 0 Å². The van der Waals surface area contributed by atoms with Crippen LogP contribution in [0.5, 0.6) is 0 Å². The molecule has 0 aromatic heterocycles. The number of nitrogens with one attached hydrogen (secondary N) is 1. The fourth-order valence-electron chi connectivity index (χ4n) is 0.336. The Balaban J connectivity index is 4.38. The first-order chi connectivity index (χ1) is 5.27. The van der Waals surface area contributed by atoms with Crippen molar-refractivity contribution >= 4 is 16.1 Å². The van der Waals surface area contributed by atoms with E-state index in [0.29, 0.717) is 0 Å². The van der Waals surface area contributed by atoms with Crippen LogP contribution >= 0.6 is 0 Å². The van der Waals surface area contributed by atoms with E-state index in [1.54, 1.807) is 13.8 Å². The molecule has 0 unspecified atom stereocenters. The number of carbonyl (C=O) groups is 1. The molecule has 0 saturated heterocycles. The maximum absolute atomic E-state index is 11.0. The van der Waals surface area contributed by atoms with Gasteiger partial charge in [0.2, 0.25) is 5.91 Å². The van der Waals surface area contributed by atoms with Crippen LogP contribution in [-0.4, -0.2) is 32.7 Å². The standard InChI is InChI=1S/C6H14N2O3S/c1-5(2)6(9)7-12(10,11)8(3)4/h5H,1-4H3,(H,7,9). The zero-order valence-corrected chi connectivity index (χ0v) is 8.47. The highest BCUT2D eigenvalue weighted by atomic mass is 32.2. The summed E-state index contributed by atoms with van der Waals surface area (Å²) < 4.78 is 24.9. The van der Waals surface area contributed by atoms with E-state index in [1.165, 1.54) is 14.1 Å². The third-order valence-corrected chi connectivity index (χ3v) is 2.66. The van der Waals surface area contributed by atoms with Gasteiger partial charge in [-0.25, -0.2) is 4.72 Å². The fourth-order valence-corrected chi connectivity index (χ4v) is 1.01. The quantitative estimate of drug-likeness (QED) is 0.662. The Hall–Kier alpha value is -0.620. The van der Waals surface area contributed by atoms with Gasteiger partial charge in [0, 0.05) is 20.0 Å². The molecule has 0 atom stereocenters. The summed E-state index contributed by atoms with van der Waals surface area (Å²) in [6, 6.07) is 0. The Kier molecular flexibility index (Phi) is 3.66. The van der Waals surface area contributed by atoms with E-state index < -0.39 is 16.1 Å². The van der Waals surface area contributed by atoms with Crippen LogP contribution in [0.4, 0.5) is 0 Å². The topological polar surface area (TPSA) is 66.5 Å². The number of rotatable bonds is 3. The van der Waals surface area contributed by atoms with Crippen molar-refractivity contribution in [2.45, 2.75) is 13.8 Å². The van der Waals surface area contributed by atoms with Gasteiger partial charge in [-0.15, -0.1) is 0 Å². The molecule has 0 spiro atoms. The van der Waals surface area contributed by atoms with Crippen LogP contribution in [-0.2, 0) is 15.0 Å². The molecule has 0 aliphatic rings. The molecule has 6 heteroatoms. The zero-order valence-electron chi connectivity index (χ0n) is 7.66. The summed E-state index contributed by atoms with van der Waals surface area (Å²) in [5, 5.41) is 0. The minimum atomic E-state index is -3.61. The van der Waals surface area contributed by atoms with E-state index >= 15 is 0 Å². The number of hydrogen-bond acceptors (Lipinski definition) is 3. The molecular weight excluding hydrogens is 180 g/mol. The normalized spacial score (nSPS) is 12.2. The average molecular weight is 194 g/mol. The maximum atomic E-state index is 11.0. The lowest BCUT2D eigenvalue weighted by Gasteiger charge is -2.13. The third kappa shape index (κ3) is 3.19. The van der Waals surface area contributed by atoms with Crippen molar-refractivity contribution in [2.24, 2.45) is 5.92 Å². The molecule has 1 N–H and O–H groups in total. The lowest BCUT2D eigenvalue weighted by atomic mass is 10.2. The van der Waals surface area contributed by atoms with Gasteiger partial charge in [-0.05, 0) is 0 Å². The van der Waals surface area contributed by atoms with Crippen molar-refractivity contribution in [3.05, 3.63) is 0 Å².